The van der Waals surface area contributed by atoms with Gasteiger partial charge in [0.2, 0.25) is 0 Å². The second-order valence-electron chi connectivity index (χ2n) is 3.99. The van der Waals surface area contributed by atoms with Crippen LogP contribution >= 0.6 is 0 Å². The van der Waals surface area contributed by atoms with E-state index in [-0.39, 0.29) is 0 Å². The zero-order valence-electron chi connectivity index (χ0n) is 9.12. The number of hydrogen-bond donors (Lipinski definition) is 0. The number of hydrogen-bond acceptors (Lipinski definition) is 3. The molecule has 0 N–H and O–H groups in total. The Hall–Kier alpha value is -0.120. The van der Waals surface area contributed by atoms with Crippen LogP contribution in [0.25, 0.3) is 0 Å². The third-order valence-corrected chi connectivity index (χ3v) is 2.77. The lowest BCUT2D eigenvalue weighted by Crippen LogP contribution is -2.38. The Kier molecular flexibility index (Phi) is 4.16. The van der Waals surface area contributed by atoms with Crippen molar-refractivity contribution in [3.05, 3.63) is 0 Å². The minimum Gasteiger partial charge on any atom is -0.383 e. The van der Waals surface area contributed by atoms with Crippen molar-refractivity contribution in [2.45, 2.75) is 38.5 Å². The van der Waals surface area contributed by atoms with Crippen molar-refractivity contribution in [1.82, 2.24) is 4.90 Å². The second-order valence-corrected chi connectivity index (χ2v) is 3.99. The molecule has 1 aliphatic heterocycles. The zero-order valence-corrected chi connectivity index (χ0v) is 9.12. The molecular formula is C10H21NO2. The van der Waals surface area contributed by atoms with Gasteiger partial charge in [-0.25, -0.2) is 0 Å². The predicted octanol–water partition coefficient (Wildman–Crippen LogP) is 1.13. The summed E-state index contributed by atoms with van der Waals surface area (Å²) in [5, 5.41) is 0. The Morgan fingerprint density at radius 2 is 2.08 bits per heavy atom. The normalized spacial score (nSPS) is 30.2. The van der Waals surface area contributed by atoms with Crippen molar-refractivity contribution in [2.24, 2.45) is 0 Å². The molecular weight excluding hydrogens is 166 g/mol. The van der Waals surface area contributed by atoms with Gasteiger partial charge in [-0.05, 0) is 20.3 Å². The van der Waals surface area contributed by atoms with Crippen molar-refractivity contribution >= 4 is 0 Å². The third-order valence-electron chi connectivity index (χ3n) is 2.77. The van der Waals surface area contributed by atoms with Crippen LogP contribution in [0.5, 0.6) is 0 Å². The number of rotatable bonds is 4. The van der Waals surface area contributed by atoms with Crippen molar-refractivity contribution in [3.8, 4) is 0 Å². The lowest BCUT2D eigenvalue weighted by atomic mass is 10.2. The fourth-order valence-corrected chi connectivity index (χ4v) is 2.06. The smallest absolute Gasteiger partial charge is 0.0714 e. The molecule has 3 nitrogen and oxygen atoms in total. The second kappa shape index (κ2) is 4.94. The lowest BCUT2D eigenvalue weighted by Gasteiger charge is -2.27. The molecule has 78 valence electrons. The number of likely N-dealkylation sites (tertiary alicyclic amines) is 1. The first-order valence-electron chi connectivity index (χ1n) is 4.96. The minimum absolute atomic E-state index is 0.391. The molecule has 1 fully saturated rings. The van der Waals surface area contributed by atoms with Crippen molar-refractivity contribution in [2.75, 3.05) is 27.4 Å². The van der Waals surface area contributed by atoms with Crippen molar-refractivity contribution < 1.29 is 9.47 Å². The molecule has 0 bridgehead atoms. The molecule has 1 rings (SSSR count). The molecule has 0 aliphatic carbocycles. The van der Waals surface area contributed by atoms with E-state index in [2.05, 4.69) is 18.7 Å². The molecule has 1 saturated heterocycles. The van der Waals surface area contributed by atoms with Gasteiger partial charge in [-0.1, -0.05) is 0 Å². The summed E-state index contributed by atoms with van der Waals surface area (Å²) >= 11 is 0. The highest BCUT2D eigenvalue weighted by molar-refractivity contribution is 4.87. The molecule has 0 radical (unpaired) electrons. The van der Waals surface area contributed by atoms with Gasteiger partial charge in [0.1, 0.15) is 0 Å². The Morgan fingerprint density at radius 3 is 2.54 bits per heavy atom. The molecule has 0 saturated carbocycles. The molecule has 0 aromatic carbocycles. The molecule has 0 aromatic rings. The predicted molar refractivity (Wildman–Crippen MR) is 52.9 cm³/mol. The summed E-state index contributed by atoms with van der Waals surface area (Å²) in [5.74, 6) is 0. The topological polar surface area (TPSA) is 21.7 Å². The van der Waals surface area contributed by atoms with Crippen LogP contribution in [0.4, 0.5) is 0 Å². The van der Waals surface area contributed by atoms with Gasteiger partial charge < -0.3 is 9.47 Å². The fraction of sp³-hybridized carbons (Fsp3) is 1.00. The van der Waals surface area contributed by atoms with E-state index in [9.17, 15) is 0 Å². The van der Waals surface area contributed by atoms with Crippen molar-refractivity contribution in [1.29, 1.82) is 0 Å². The highest BCUT2D eigenvalue weighted by Crippen LogP contribution is 2.22. The van der Waals surface area contributed by atoms with E-state index in [4.69, 9.17) is 9.47 Å². The quantitative estimate of drug-likeness (QED) is 0.658. The molecule has 3 heteroatoms. The monoisotopic (exact) mass is 187 g/mol. The van der Waals surface area contributed by atoms with E-state index in [1.807, 2.05) is 0 Å². The molecule has 0 amide bonds. The summed E-state index contributed by atoms with van der Waals surface area (Å²) in [6.45, 7) is 6.31. The van der Waals surface area contributed by atoms with E-state index in [0.29, 0.717) is 18.2 Å². The van der Waals surface area contributed by atoms with E-state index in [1.165, 1.54) is 0 Å². The van der Waals surface area contributed by atoms with Gasteiger partial charge in [0.15, 0.2) is 0 Å². The Balaban J connectivity index is 2.49. The first-order chi connectivity index (χ1) is 6.19. The summed E-state index contributed by atoms with van der Waals surface area (Å²) in [5.41, 5.74) is 0. The average Bonchev–Trinajstić information content (AvgIpc) is 2.48. The number of nitrogens with zero attached hydrogens (tertiary/aromatic N) is 1. The molecule has 0 spiro atoms. The molecule has 0 aromatic heterocycles. The van der Waals surface area contributed by atoms with Crippen molar-refractivity contribution in [3.63, 3.8) is 0 Å². The summed E-state index contributed by atoms with van der Waals surface area (Å²) < 4.78 is 10.6. The maximum atomic E-state index is 5.37. The molecule has 2 atom stereocenters. The minimum atomic E-state index is 0.391. The molecule has 1 heterocycles. The SMILES string of the molecule is COC[C@@H]1C[C@@H](OC)CN1C(C)C. The third kappa shape index (κ3) is 2.66. The van der Waals surface area contributed by atoms with Crippen LogP contribution in [-0.2, 0) is 9.47 Å². The van der Waals surface area contributed by atoms with Crippen LogP contribution in [0.1, 0.15) is 20.3 Å². The Bertz CT molecular complexity index is 150. The Labute approximate surface area is 81.0 Å². The van der Waals surface area contributed by atoms with E-state index >= 15 is 0 Å². The average molecular weight is 187 g/mol. The first kappa shape index (κ1) is 11.0. The van der Waals surface area contributed by atoms with Crippen LogP contribution in [0, 0.1) is 0 Å². The fourth-order valence-electron chi connectivity index (χ4n) is 2.06. The van der Waals surface area contributed by atoms with Gasteiger partial charge in [0, 0.05) is 32.8 Å². The van der Waals surface area contributed by atoms with Crippen LogP contribution in [-0.4, -0.2) is 50.5 Å². The van der Waals surface area contributed by atoms with Gasteiger partial charge in [0.05, 0.1) is 12.7 Å². The lowest BCUT2D eigenvalue weighted by molar-refractivity contribution is 0.0934. The highest BCUT2D eigenvalue weighted by Gasteiger charge is 2.33. The summed E-state index contributed by atoms with van der Waals surface area (Å²) in [4.78, 5) is 2.46. The largest absolute Gasteiger partial charge is 0.383 e. The van der Waals surface area contributed by atoms with E-state index in [1.54, 1.807) is 14.2 Å². The zero-order chi connectivity index (χ0) is 9.84. The molecule has 13 heavy (non-hydrogen) atoms. The number of methoxy groups -OCH3 is 2. The standard InChI is InChI=1S/C10H21NO2/c1-8(2)11-6-10(13-4)5-9(11)7-12-3/h8-10H,5-7H2,1-4H3/t9-,10+/m0/s1. The van der Waals surface area contributed by atoms with Gasteiger partial charge >= 0.3 is 0 Å². The van der Waals surface area contributed by atoms with E-state index in [0.717, 1.165) is 19.6 Å². The first-order valence-corrected chi connectivity index (χ1v) is 4.96. The maximum Gasteiger partial charge on any atom is 0.0714 e. The van der Waals surface area contributed by atoms with Crippen LogP contribution in [0.2, 0.25) is 0 Å². The van der Waals surface area contributed by atoms with Gasteiger partial charge in [0.25, 0.3) is 0 Å². The Morgan fingerprint density at radius 1 is 1.38 bits per heavy atom. The summed E-state index contributed by atoms with van der Waals surface area (Å²) in [6, 6.07) is 1.12. The van der Waals surface area contributed by atoms with Gasteiger partial charge in [-0.3, -0.25) is 4.90 Å². The maximum absolute atomic E-state index is 5.37. The molecule has 0 unspecified atom stereocenters. The number of ether oxygens (including phenoxy) is 2. The summed E-state index contributed by atoms with van der Waals surface area (Å²) in [6.07, 6.45) is 1.49. The van der Waals surface area contributed by atoms with Crippen LogP contribution < -0.4 is 0 Å². The highest BCUT2D eigenvalue weighted by atomic mass is 16.5. The molecule has 1 aliphatic rings. The van der Waals surface area contributed by atoms with Crippen LogP contribution in [0.3, 0.4) is 0 Å². The van der Waals surface area contributed by atoms with Crippen LogP contribution in [0.15, 0.2) is 0 Å². The van der Waals surface area contributed by atoms with E-state index < -0.39 is 0 Å². The summed E-state index contributed by atoms with van der Waals surface area (Å²) in [7, 11) is 3.55. The van der Waals surface area contributed by atoms with Gasteiger partial charge in [-0.15, -0.1) is 0 Å². The van der Waals surface area contributed by atoms with Gasteiger partial charge in [-0.2, -0.15) is 0 Å².